The molecular formula is C21H23N5O4S2. The molecule has 3 N–H and O–H groups in total. The second-order valence-electron chi connectivity index (χ2n) is 7.28. The van der Waals surface area contributed by atoms with Crippen molar-refractivity contribution in [3.05, 3.63) is 42.2 Å². The van der Waals surface area contributed by atoms with Crippen LogP contribution in [-0.2, 0) is 27.8 Å². The van der Waals surface area contributed by atoms with E-state index in [2.05, 4.69) is 15.3 Å². The molecule has 0 aliphatic carbocycles. The lowest BCUT2D eigenvalue weighted by Crippen LogP contribution is -2.14. The summed E-state index contributed by atoms with van der Waals surface area (Å²) in [6, 6.07) is 10.2. The van der Waals surface area contributed by atoms with Gasteiger partial charge in [-0.1, -0.05) is 18.3 Å². The Hall–Kier alpha value is -3.02. The van der Waals surface area contributed by atoms with Gasteiger partial charge in [-0.25, -0.2) is 23.5 Å². The standard InChI is InChI=1S/C21H23N5O4S2/c1-3-10-26-17-7-5-14(32(22,28)29)12-16(17)23-19(26)8-9-20(27)25-21-24-15-6-4-13(30-2)11-18(15)31-21/h4-7,11-12H,3,8-10H2,1-2H3,(H2,22,28,29)(H,24,25,27). The van der Waals surface area contributed by atoms with E-state index in [1.165, 1.54) is 23.5 Å². The van der Waals surface area contributed by atoms with Crippen molar-refractivity contribution in [2.75, 3.05) is 12.4 Å². The number of ether oxygens (including phenoxy) is 1. The van der Waals surface area contributed by atoms with Gasteiger partial charge in [0.1, 0.15) is 11.6 Å². The quantitative estimate of drug-likeness (QED) is 0.404. The van der Waals surface area contributed by atoms with Crippen LogP contribution in [0.15, 0.2) is 41.3 Å². The highest BCUT2D eigenvalue weighted by atomic mass is 32.2. The third-order valence-electron chi connectivity index (χ3n) is 4.99. The van der Waals surface area contributed by atoms with E-state index >= 15 is 0 Å². The Kier molecular flexibility index (Phi) is 6.13. The first-order chi connectivity index (χ1) is 15.3. The van der Waals surface area contributed by atoms with E-state index in [1.807, 2.05) is 29.7 Å². The molecule has 9 nitrogen and oxygen atoms in total. The van der Waals surface area contributed by atoms with Gasteiger partial charge in [-0.05, 0) is 42.8 Å². The molecule has 168 valence electrons. The molecule has 2 aromatic carbocycles. The monoisotopic (exact) mass is 473 g/mol. The average molecular weight is 474 g/mol. The SMILES string of the molecule is CCCn1c(CCC(=O)Nc2nc3ccc(OC)cc3s2)nc2cc(S(N)(=O)=O)ccc21. The number of carbonyl (C=O) groups is 1. The number of imidazole rings is 1. The molecule has 0 saturated carbocycles. The summed E-state index contributed by atoms with van der Waals surface area (Å²) in [5.41, 5.74) is 2.15. The zero-order valence-electron chi connectivity index (χ0n) is 17.7. The summed E-state index contributed by atoms with van der Waals surface area (Å²) in [5, 5.41) is 8.61. The van der Waals surface area contributed by atoms with Gasteiger partial charge in [-0.15, -0.1) is 0 Å². The fourth-order valence-corrected chi connectivity index (χ4v) is 4.94. The zero-order chi connectivity index (χ0) is 22.9. The van der Waals surface area contributed by atoms with Gasteiger partial charge in [0.15, 0.2) is 5.13 Å². The number of hydrogen-bond acceptors (Lipinski definition) is 7. The fourth-order valence-electron chi connectivity index (χ4n) is 3.49. The minimum absolute atomic E-state index is 0.0166. The summed E-state index contributed by atoms with van der Waals surface area (Å²) in [6.07, 6.45) is 1.50. The normalized spacial score (nSPS) is 11.8. The van der Waals surface area contributed by atoms with Crippen molar-refractivity contribution in [3.8, 4) is 5.75 Å². The Morgan fingerprint density at radius 1 is 1.19 bits per heavy atom. The highest BCUT2D eigenvalue weighted by Gasteiger charge is 2.16. The zero-order valence-corrected chi connectivity index (χ0v) is 19.3. The van der Waals surface area contributed by atoms with E-state index in [-0.39, 0.29) is 17.2 Å². The second-order valence-corrected chi connectivity index (χ2v) is 9.87. The van der Waals surface area contributed by atoms with Crippen LogP contribution >= 0.6 is 11.3 Å². The summed E-state index contributed by atoms with van der Waals surface area (Å²) in [4.78, 5) is 21.6. The van der Waals surface area contributed by atoms with E-state index in [0.717, 1.165) is 33.7 Å². The lowest BCUT2D eigenvalue weighted by atomic mass is 10.2. The maximum Gasteiger partial charge on any atom is 0.238 e. The lowest BCUT2D eigenvalue weighted by molar-refractivity contribution is -0.116. The average Bonchev–Trinajstić information content (AvgIpc) is 3.31. The largest absolute Gasteiger partial charge is 0.497 e. The van der Waals surface area contributed by atoms with Gasteiger partial charge in [-0.2, -0.15) is 0 Å². The van der Waals surface area contributed by atoms with Crippen LogP contribution in [0.25, 0.3) is 21.3 Å². The highest BCUT2D eigenvalue weighted by Crippen LogP contribution is 2.29. The van der Waals surface area contributed by atoms with Crippen LogP contribution in [0.4, 0.5) is 5.13 Å². The van der Waals surface area contributed by atoms with Crippen molar-refractivity contribution in [3.63, 3.8) is 0 Å². The van der Waals surface area contributed by atoms with Crippen LogP contribution in [0.3, 0.4) is 0 Å². The van der Waals surface area contributed by atoms with E-state index in [1.54, 1.807) is 13.2 Å². The number of thiazole rings is 1. The molecule has 0 atom stereocenters. The molecule has 0 aliphatic rings. The molecule has 0 saturated heterocycles. The third kappa shape index (κ3) is 4.59. The molecule has 0 unspecified atom stereocenters. The predicted octanol–water partition coefficient (Wildman–Crippen LogP) is 3.28. The molecule has 4 rings (SSSR count). The molecule has 0 bridgehead atoms. The summed E-state index contributed by atoms with van der Waals surface area (Å²) in [5.74, 6) is 1.29. The van der Waals surface area contributed by atoms with Crippen LogP contribution < -0.4 is 15.2 Å². The Bertz CT molecular complexity index is 1410. The number of benzene rings is 2. The van der Waals surface area contributed by atoms with Gasteiger partial charge in [0.25, 0.3) is 0 Å². The number of fused-ring (bicyclic) bond motifs is 2. The number of hydrogen-bond donors (Lipinski definition) is 2. The summed E-state index contributed by atoms with van der Waals surface area (Å²) in [7, 11) is -2.21. The highest BCUT2D eigenvalue weighted by molar-refractivity contribution is 7.89. The maximum atomic E-state index is 12.6. The first-order valence-corrected chi connectivity index (χ1v) is 12.4. The topological polar surface area (TPSA) is 129 Å². The Morgan fingerprint density at radius 3 is 2.72 bits per heavy atom. The van der Waals surface area contributed by atoms with Gasteiger partial charge in [0.05, 0.1) is 33.3 Å². The van der Waals surface area contributed by atoms with Gasteiger partial charge >= 0.3 is 0 Å². The molecule has 0 spiro atoms. The van der Waals surface area contributed by atoms with Gasteiger partial charge in [-0.3, -0.25) is 4.79 Å². The van der Waals surface area contributed by atoms with Crippen molar-refractivity contribution in [1.29, 1.82) is 0 Å². The molecule has 32 heavy (non-hydrogen) atoms. The van der Waals surface area contributed by atoms with Crippen LogP contribution in [0.1, 0.15) is 25.6 Å². The number of aromatic nitrogens is 3. The van der Waals surface area contributed by atoms with Crippen molar-refractivity contribution in [2.45, 2.75) is 37.6 Å². The molecule has 0 fully saturated rings. The number of aryl methyl sites for hydroxylation is 2. The van der Waals surface area contributed by atoms with Crippen molar-refractivity contribution >= 4 is 53.6 Å². The second kappa shape index (κ2) is 8.85. The third-order valence-corrected chi connectivity index (χ3v) is 6.84. The molecule has 1 amide bonds. The molecule has 11 heteroatoms. The van der Waals surface area contributed by atoms with Crippen LogP contribution in [0.2, 0.25) is 0 Å². The summed E-state index contributed by atoms with van der Waals surface area (Å²) < 4.78 is 31.5. The number of nitrogens with two attached hydrogens (primary N) is 1. The molecule has 0 radical (unpaired) electrons. The van der Waals surface area contributed by atoms with E-state index in [9.17, 15) is 13.2 Å². The van der Waals surface area contributed by atoms with E-state index in [4.69, 9.17) is 9.88 Å². The van der Waals surface area contributed by atoms with Crippen LogP contribution in [0.5, 0.6) is 5.75 Å². The minimum Gasteiger partial charge on any atom is -0.497 e. The molecular weight excluding hydrogens is 450 g/mol. The van der Waals surface area contributed by atoms with Crippen molar-refractivity contribution < 1.29 is 17.9 Å². The molecule has 2 heterocycles. The van der Waals surface area contributed by atoms with Crippen LogP contribution in [-0.4, -0.2) is 36.0 Å². The fraction of sp³-hybridized carbons (Fsp3) is 0.286. The minimum atomic E-state index is -3.81. The van der Waals surface area contributed by atoms with E-state index in [0.29, 0.717) is 23.6 Å². The Morgan fingerprint density at radius 2 is 2.00 bits per heavy atom. The number of anilines is 1. The first kappa shape index (κ1) is 22.2. The first-order valence-electron chi connectivity index (χ1n) is 10.0. The van der Waals surface area contributed by atoms with Gasteiger partial charge in [0.2, 0.25) is 15.9 Å². The number of carbonyl (C=O) groups excluding carboxylic acids is 1. The number of methoxy groups -OCH3 is 1. The number of amides is 1. The van der Waals surface area contributed by atoms with Crippen molar-refractivity contribution in [2.24, 2.45) is 5.14 Å². The maximum absolute atomic E-state index is 12.6. The number of primary sulfonamides is 1. The van der Waals surface area contributed by atoms with Crippen molar-refractivity contribution in [1.82, 2.24) is 14.5 Å². The summed E-state index contributed by atoms with van der Waals surface area (Å²) >= 11 is 1.38. The van der Waals surface area contributed by atoms with Crippen LogP contribution in [0, 0.1) is 0 Å². The smallest absolute Gasteiger partial charge is 0.238 e. The summed E-state index contributed by atoms with van der Waals surface area (Å²) in [6.45, 7) is 2.75. The van der Waals surface area contributed by atoms with Gasteiger partial charge in [0, 0.05) is 19.4 Å². The van der Waals surface area contributed by atoms with Gasteiger partial charge < -0.3 is 14.6 Å². The number of sulfonamides is 1. The Balaban J connectivity index is 1.51. The van der Waals surface area contributed by atoms with E-state index < -0.39 is 10.0 Å². The predicted molar refractivity (Wildman–Crippen MR) is 125 cm³/mol. The molecule has 4 aromatic rings. The number of nitrogens with zero attached hydrogens (tertiary/aromatic N) is 3. The number of nitrogens with one attached hydrogen (secondary N) is 1. The molecule has 0 aliphatic heterocycles. The molecule has 2 aromatic heterocycles. The number of rotatable bonds is 8. The Labute approximate surface area is 189 Å². The lowest BCUT2D eigenvalue weighted by Gasteiger charge is -2.08.